The quantitative estimate of drug-likeness (QED) is 0.744. The highest BCUT2D eigenvalue weighted by molar-refractivity contribution is 8.13. The van der Waals surface area contributed by atoms with Crippen molar-refractivity contribution in [1.29, 1.82) is 0 Å². The van der Waals surface area contributed by atoms with Crippen molar-refractivity contribution >= 4 is 19.7 Å². The van der Waals surface area contributed by atoms with Gasteiger partial charge in [0, 0.05) is 10.7 Å². The summed E-state index contributed by atoms with van der Waals surface area (Å²) in [6.07, 6.45) is 0. The molecule has 0 bridgehead atoms. The first-order chi connectivity index (χ1) is 6.29. The molecule has 0 spiro atoms. The summed E-state index contributed by atoms with van der Waals surface area (Å²) in [5.41, 5.74) is 0.520. The number of benzene rings is 1. The van der Waals surface area contributed by atoms with E-state index in [9.17, 15) is 17.2 Å². The van der Waals surface area contributed by atoms with Gasteiger partial charge in [0.15, 0.2) is 11.6 Å². The first-order valence-corrected chi connectivity index (χ1v) is 6.14. The lowest BCUT2D eigenvalue weighted by Gasteiger charge is -2.04. The Morgan fingerprint density at radius 1 is 1.29 bits per heavy atom. The molecule has 78 valence electrons. The molecule has 0 aromatic heterocycles. The maximum Gasteiger partial charge on any atom is 0.236 e. The van der Waals surface area contributed by atoms with Gasteiger partial charge in [0.2, 0.25) is 9.05 Å². The Hall–Kier alpha value is -0.680. The average molecular weight is 241 g/mol. The Balaban J connectivity index is 3.17. The van der Waals surface area contributed by atoms with Crippen LogP contribution in [0.5, 0.6) is 0 Å². The van der Waals surface area contributed by atoms with Crippen molar-refractivity contribution in [3.05, 3.63) is 34.9 Å². The minimum atomic E-state index is -3.75. The lowest BCUT2D eigenvalue weighted by molar-refractivity contribution is 0.506. The molecule has 14 heavy (non-hydrogen) atoms. The van der Waals surface area contributed by atoms with Gasteiger partial charge >= 0.3 is 0 Å². The maximum absolute atomic E-state index is 12.7. The van der Waals surface area contributed by atoms with Crippen molar-refractivity contribution in [3.8, 4) is 0 Å². The van der Waals surface area contributed by atoms with Gasteiger partial charge in [-0.2, -0.15) is 0 Å². The van der Waals surface area contributed by atoms with Crippen molar-refractivity contribution in [1.82, 2.24) is 0 Å². The first-order valence-electron chi connectivity index (χ1n) is 3.66. The molecule has 0 fully saturated rings. The van der Waals surface area contributed by atoms with E-state index in [2.05, 4.69) is 0 Å². The summed E-state index contributed by atoms with van der Waals surface area (Å²) < 4.78 is 46.8. The lowest BCUT2D eigenvalue weighted by atomic mass is 10.1. The van der Waals surface area contributed by atoms with Crippen molar-refractivity contribution < 1.29 is 17.2 Å². The lowest BCUT2D eigenvalue weighted by Crippen LogP contribution is -2.00. The molecule has 0 aliphatic carbocycles. The first kappa shape index (κ1) is 11.4. The van der Waals surface area contributed by atoms with Gasteiger partial charge in [-0.15, -0.1) is 0 Å². The summed E-state index contributed by atoms with van der Waals surface area (Å²) in [5, 5.41) is 0. The van der Waals surface area contributed by atoms with Crippen LogP contribution >= 0.6 is 10.7 Å². The van der Waals surface area contributed by atoms with Gasteiger partial charge in [-0.3, -0.25) is 0 Å². The zero-order valence-electron chi connectivity index (χ0n) is 7.22. The van der Waals surface area contributed by atoms with Crippen molar-refractivity contribution in [2.75, 3.05) is 0 Å². The number of halogens is 3. The Kier molecular flexibility index (Phi) is 3.11. The number of hydrogen-bond donors (Lipinski definition) is 0. The van der Waals surface area contributed by atoms with Crippen LogP contribution in [0.1, 0.15) is 11.1 Å². The van der Waals surface area contributed by atoms with Crippen LogP contribution in [-0.2, 0) is 14.8 Å². The number of hydrogen-bond acceptors (Lipinski definition) is 2. The van der Waals surface area contributed by atoms with Crippen molar-refractivity contribution in [3.63, 3.8) is 0 Å². The average Bonchev–Trinajstić information content (AvgIpc) is 1.97. The fourth-order valence-electron chi connectivity index (χ4n) is 1.03. The molecule has 1 aromatic carbocycles. The molecule has 0 radical (unpaired) electrons. The van der Waals surface area contributed by atoms with Crippen molar-refractivity contribution in [2.45, 2.75) is 12.7 Å². The van der Waals surface area contributed by atoms with Crippen LogP contribution in [0.25, 0.3) is 0 Å². The Morgan fingerprint density at radius 3 is 2.29 bits per heavy atom. The highest BCUT2D eigenvalue weighted by Gasteiger charge is 2.12. The van der Waals surface area contributed by atoms with E-state index in [1.54, 1.807) is 0 Å². The largest absolute Gasteiger partial charge is 0.236 e. The minimum Gasteiger partial charge on any atom is -0.212 e. The van der Waals surface area contributed by atoms with E-state index in [4.69, 9.17) is 10.7 Å². The van der Waals surface area contributed by atoms with E-state index in [1.807, 2.05) is 0 Å². The highest BCUT2D eigenvalue weighted by Crippen LogP contribution is 2.18. The van der Waals surface area contributed by atoms with E-state index < -0.39 is 26.4 Å². The van der Waals surface area contributed by atoms with Gasteiger partial charge in [-0.25, -0.2) is 17.2 Å². The molecular weight excluding hydrogens is 234 g/mol. The van der Waals surface area contributed by atoms with Crippen LogP contribution < -0.4 is 0 Å². The predicted octanol–water partition coefficient (Wildman–Crippen LogP) is 2.34. The fourth-order valence-corrected chi connectivity index (χ4v) is 2.06. The molecule has 0 saturated carbocycles. The number of rotatable bonds is 2. The topological polar surface area (TPSA) is 34.1 Å². The minimum absolute atomic E-state index is 0.166. The van der Waals surface area contributed by atoms with Crippen molar-refractivity contribution in [2.24, 2.45) is 0 Å². The summed E-state index contributed by atoms with van der Waals surface area (Å²) in [7, 11) is 1.24. The molecule has 0 N–H and O–H groups in total. The molecule has 0 atom stereocenters. The van der Waals surface area contributed by atoms with Gasteiger partial charge in [0.1, 0.15) is 0 Å². The Morgan fingerprint density at radius 2 is 1.79 bits per heavy atom. The summed E-state index contributed by atoms with van der Waals surface area (Å²) in [6, 6.07) is 1.78. The maximum atomic E-state index is 12.7. The molecule has 6 heteroatoms. The van der Waals surface area contributed by atoms with Gasteiger partial charge in [0.25, 0.3) is 0 Å². The van der Waals surface area contributed by atoms with E-state index in [0.717, 1.165) is 12.1 Å². The smallest absolute Gasteiger partial charge is 0.212 e. The summed E-state index contributed by atoms with van der Waals surface area (Å²) in [6.45, 7) is 1.49. The molecule has 0 amide bonds. The fraction of sp³-hybridized carbons (Fsp3) is 0.250. The van der Waals surface area contributed by atoms with E-state index in [-0.39, 0.29) is 5.56 Å². The second-order valence-corrected chi connectivity index (χ2v) is 5.65. The third-order valence-electron chi connectivity index (χ3n) is 1.71. The third-order valence-corrected chi connectivity index (χ3v) is 2.69. The Labute approximate surface area is 84.9 Å². The van der Waals surface area contributed by atoms with Gasteiger partial charge in [-0.05, 0) is 30.2 Å². The molecule has 0 aliphatic rings. The van der Waals surface area contributed by atoms with Crippen LogP contribution in [-0.4, -0.2) is 8.42 Å². The zero-order chi connectivity index (χ0) is 10.9. The molecular formula is C8H7ClF2O2S. The summed E-state index contributed by atoms with van der Waals surface area (Å²) in [4.78, 5) is 0. The summed E-state index contributed by atoms with van der Waals surface area (Å²) >= 11 is 0. The molecule has 1 rings (SSSR count). The normalized spacial score (nSPS) is 11.7. The second kappa shape index (κ2) is 3.82. The standard InChI is InChI=1S/C8H7ClF2O2S/c1-5-2-7(10)8(11)3-6(5)4-14(9,12)13/h2-3H,4H2,1H3. The Bertz CT molecular complexity index is 457. The van der Waals surface area contributed by atoms with Gasteiger partial charge in [0.05, 0.1) is 5.75 Å². The molecule has 0 unspecified atom stereocenters. The SMILES string of the molecule is Cc1cc(F)c(F)cc1CS(=O)(=O)Cl. The molecule has 0 heterocycles. The molecule has 2 nitrogen and oxygen atoms in total. The summed E-state index contributed by atoms with van der Waals surface area (Å²) in [5.74, 6) is -2.58. The van der Waals surface area contributed by atoms with Crippen LogP contribution in [0.3, 0.4) is 0 Å². The van der Waals surface area contributed by atoms with E-state index in [1.165, 1.54) is 6.92 Å². The van der Waals surface area contributed by atoms with Crippen LogP contribution in [0.2, 0.25) is 0 Å². The predicted molar refractivity (Wildman–Crippen MR) is 49.6 cm³/mol. The number of aryl methyl sites for hydroxylation is 1. The highest BCUT2D eigenvalue weighted by atomic mass is 35.7. The second-order valence-electron chi connectivity index (χ2n) is 2.88. The molecule has 0 aliphatic heterocycles. The van der Waals surface area contributed by atoms with E-state index in [0.29, 0.717) is 5.56 Å². The van der Waals surface area contributed by atoms with Crippen LogP contribution in [0.4, 0.5) is 8.78 Å². The third kappa shape index (κ3) is 2.92. The van der Waals surface area contributed by atoms with Gasteiger partial charge in [-0.1, -0.05) is 0 Å². The van der Waals surface area contributed by atoms with Crippen LogP contribution in [0.15, 0.2) is 12.1 Å². The van der Waals surface area contributed by atoms with E-state index >= 15 is 0 Å². The molecule has 1 aromatic rings. The van der Waals surface area contributed by atoms with Gasteiger partial charge < -0.3 is 0 Å². The molecule has 0 saturated heterocycles. The zero-order valence-corrected chi connectivity index (χ0v) is 8.79. The van der Waals surface area contributed by atoms with Crippen LogP contribution in [0, 0.1) is 18.6 Å². The monoisotopic (exact) mass is 240 g/mol.